The van der Waals surface area contributed by atoms with Crippen molar-refractivity contribution in [1.29, 1.82) is 0 Å². The molecule has 0 aliphatic rings. The zero-order valence-corrected chi connectivity index (χ0v) is 10.00. The Hall–Kier alpha value is -2.10. The van der Waals surface area contributed by atoms with Crippen molar-refractivity contribution in [1.82, 2.24) is 9.55 Å². The van der Waals surface area contributed by atoms with Gasteiger partial charge in [0.2, 0.25) is 0 Å². The first-order chi connectivity index (χ1) is 8.31. The fourth-order valence-corrected chi connectivity index (χ4v) is 1.56. The highest BCUT2D eigenvalue weighted by atomic mass is 16.5. The van der Waals surface area contributed by atoms with Gasteiger partial charge in [0.15, 0.2) is 0 Å². The van der Waals surface area contributed by atoms with Crippen molar-refractivity contribution in [3.63, 3.8) is 0 Å². The summed E-state index contributed by atoms with van der Waals surface area (Å²) in [5.74, 6) is 0.870. The Kier molecular flexibility index (Phi) is 3.55. The third kappa shape index (κ3) is 2.72. The molecule has 0 N–H and O–H groups in total. The maximum absolute atomic E-state index is 5.27. The highest BCUT2D eigenvalue weighted by Gasteiger charge is 1.99. The number of hydrogen-bond donors (Lipinski definition) is 0. The molecule has 0 bridgehead atoms. The Labute approximate surface area is 101 Å². The molecular weight excluding hydrogens is 214 g/mol. The van der Waals surface area contributed by atoms with E-state index in [9.17, 15) is 0 Å². The quantitative estimate of drug-likeness (QED) is 0.753. The molecule has 0 amide bonds. The van der Waals surface area contributed by atoms with Crippen LogP contribution in [0.15, 0.2) is 41.8 Å². The van der Waals surface area contributed by atoms with Crippen molar-refractivity contribution in [2.45, 2.75) is 6.54 Å². The minimum absolute atomic E-state index is 0.606. The molecule has 4 heteroatoms. The lowest BCUT2D eigenvalue weighted by Gasteiger charge is -2.04. The van der Waals surface area contributed by atoms with Gasteiger partial charge in [-0.2, -0.15) is 0 Å². The van der Waals surface area contributed by atoms with E-state index in [0.29, 0.717) is 6.54 Å². The van der Waals surface area contributed by atoms with Gasteiger partial charge in [-0.3, -0.25) is 4.99 Å². The highest BCUT2D eigenvalue weighted by Crippen LogP contribution is 2.17. The van der Waals surface area contributed by atoms with Crippen LogP contribution in [0.4, 0.5) is 0 Å². The summed E-state index contributed by atoms with van der Waals surface area (Å²) in [5, 5.41) is 0. The summed E-state index contributed by atoms with van der Waals surface area (Å²) in [6, 6.07) is 7.89. The molecule has 1 heterocycles. The molecule has 17 heavy (non-hydrogen) atoms. The van der Waals surface area contributed by atoms with Gasteiger partial charge in [-0.1, -0.05) is 18.2 Å². The largest absolute Gasteiger partial charge is 0.496 e. The summed E-state index contributed by atoms with van der Waals surface area (Å²) in [7, 11) is 3.61. The maximum Gasteiger partial charge on any atom is 0.123 e. The number of ether oxygens (including phenoxy) is 1. The van der Waals surface area contributed by atoms with Crippen LogP contribution in [0.1, 0.15) is 11.3 Å². The smallest absolute Gasteiger partial charge is 0.123 e. The van der Waals surface area contributed by atoms with Gasteiger partial charge in [-0.05, 0) is 6.07 Å². The van der Waals surface area contributed by atoms with E-state index in [1.54, 1.807) is 19.6 Å². The van der Waals surface area contributed by atoms with Crippen LogP contribution < -0.4 is 4.74 Å². The van der Waals surface area contributed by atoms with Crippen LogP contribution >= 0.6 is 0 Å². The fraction of sp³-hybridized carbons (Fsp3) is 0.231. The minimum atomic E-state index is 0.606. The number of aliphatic imine (C=N–C) groups is 1. The first-order valence-corrected chi connectivity index (χ1v) is 5.39. The summed E-state index contributed by atoms with van der Waals surface area (Å²) in [6.45, 7) is 0.606. The minimum Gasteiger partial charge on any atom is -0.496 e. The summed E-state index contributed by atoms with van der Waals surface area (Å²) >= 11 is 0. The lowest BCUT2D eigenvalue weighted by Crippen LogP contribution is -1.94. The van der Waals surface area contributed by atoms with E-state index >= 15 is 0 Å². The van der Waals surface area contributed by atoms with Gasteiger partial charge >= 0.3 is 0 Å². The Morgan fingerprint density at radius 3 is 2.94 bits per heavy atom. The molecule has 0 radical (unpaired) electrons. The molecule has 0 saturated carbocycles. The van der Waals surface area contributed by atoms with Crippen LogP contribution in [0.3, 0.4) is 0 Å². The monoisotopic (exact) mass is 229 g/mol. The zero-order chi connectivity index (χ0) is 12.1. The number of imidazole rings is 1. The van der Waals surface area contributed by atoms with E-state index in [0.717, 1.165) is 17.0 Å². The second-order valence-electron chi connectivity index (χ2n) is 3.71. The molecule has 0 atom stereocenters. The normalized spacial score (nSPS) is 10.9. The molecule has 0 aliphatic carbocycles. The lowest BCUT2D eigenvalue weighted by molar-refractivity contribution is 0.410. The van der Waals surface area contributed by atoms with Gasteiger partial charge in [0, 0.05) is 18.8 Å². The number of nitrogens with zero attached hydrogens (tertiary/aromatic N) is 3. The second-order valence-corrected chi connectivity index (χ2v) is 3.71. The average molecular weight is 229 g/mol. The molecule has 2 rings (SSSR count). The van der Waals surface area contributed by atoms with E-state index in [1.807, 2.05) is 42.1 Å². The Morgan fingerprint density at radius 2 is 2.24 bits per heavy atom. The van der Waals surface area contributed by atoms with E-state index < -0.39 is 0 Å². The highest BCUT2D eigenvalue weighted by molar-refractivity contribution is 5.76. The van der Waals surface area contributed by atoms with Gasteiger partial charge in [-0.25, -0.2) is 4.98 Å². The van der Waals surface area contributed by atoms with Gasteiger partial charge < -0.3 is 9.30 Å². The molecule has 0 unspecified atom stereocenters. The van der Waals surface area contributed by atoms with E-state index in [4.69, 9.17) is 4.74 Å². The first kappa shape index (κ1) is 11.4. The molecule has 0 spiro atoms. The van der Waals surface area contributed by atoms with Crippen LogP contribution in [-0.4, -0.2) is 22.9 Å². The molecule has 0 fully saturated rings. The van der Waals surface area contributed by atoms with E-state index in [-0.39, 0.29) is 0 Å². The number of aromatic nitrogens is 2. The maximum atomic E-state index is 5.27. The van der Waals surface area contributed by atoms with Crippen molar-refractivity contribution >= 4 is 6.21 Å². The van der Waals surface area contributed by atoms with Crippen molar-refractivity contribution in [2.24, 2.45) is 12.0 Å². The summed E-state index contributed by atoms with van der Waals surface area (Å²) < 4.78 is 7.19. The molecule has 4 nitrogen and oxygen atoms in total. The molecule has 1 aromatic carbocycles. The van der Waals surface area contributed by atoms with Crippen molar-refractivity contribution in [3.8, 4) is 5.75 Å². The van der Waals surface area contributed by atoms with E-state index in [2.05, 4.69) is 9.98 Å². The Morgan fingerprint density at radius 1 is 1.41 bits per heavy atom. The number of aryl methyl sites for hydroxylation is 1. The first-order valence-electron chi connectivity index (χ1n) is 5.39. The topological polar surface area (TPSA) is 39.4 Å². The van der Waals surface area contributed by atoms with Crippen molar-refractivity contribution < 1.29 is 4.74 Å². The van der Waals surface area contributed by atoms with Gasteiger partial charge in [0.1, 0.15) is 5.75 Å². The van der Waals surface area contributed by atoms with Gasteiger partial charge in [0.25, 0.3) is 0 Å². The molecule has 0 aliphatic heterocycles. The number of benzene rings is 1. The Bertz CT molecular complexity index is 517. The van der Waals surface area contributed by atoms with Gasteiger partial charge in [-0.15, -0.1) is 0 Å². The average Bonchev–Trinajstić information content (AvgIpc) is 2.76. The molecule has 1 aromatic heterocycles. The summed E-state index contributed by atoms with van der Waals surface area (Å²) in [6.07, 6.45) is 5.36. The molecule has 2 aromatic rings. The van der Waals surface area contributed by atoms with Crippen molar-refractivity contribution in [2.75, 3.05) is 7.11 Å². The van der Waals surface area contributed by atoms with Crippen LogP contribution in [-0.2, 0) is 13.6 Å². The number of para-hydroxylation sites is 1. The Balaban J connectivity index is 2.07. The third-order valence-corrected chi connectivity index (χ3v) is 2.53. The number of rotatable bonds is 4. The van der Waals surface area contributed by atoms with Crippen molar-refractivity contribution in [3.05, 3.63) is 48.0 Å². The summed E-state index contributed by atoms with van der Waals surface area (Å²) in [5.41, 5.74) is 2.06. The molecular formula is C13H15N3O. The summed E-state index contributed by atoms with van der Waals surface area (Å²) in [4.78, 5) is 8.42. The molecule has 88 valence electrons. The van der Waals surface area contributed by atoms with Gasteiger partial charge in [0.05, 0.1) is 31.9 Å². The lowest BCUT2D eigenvalue weighted by atomic mass is 10.2. The molecule has 0 saturated heterocycles. The third-order valence-electron chi connectivity index (χ3n) is 2.53. The second kappa shape index (κ2) is 5.30. The van der Waals surface area contributed by atoms with Crippen LogP contribution in [0.2, 0.25) is 0 Å². The predicted octanol–water partition coefficient (Wildman–Crippen LogP) is 2.05. The van der Waals surface area contributed by atoms with Crippen LogP contribution in [0, 0.1) is 0 Å². The standard InChI is InChI=1S/C13H15N3O/c1-16-10-15-9-12(16)8-14-7-11-5-3-4-6-13(11)17-2/h3-6,8-10H,7H2,1-2H3/b14-8-. The van der Waals surface area contributed by atoms with E-state index in [1.165, 1.54) is 0 Å². The van der Waals surface area contributed by atoms with Crippen LogP contribution in [0.25, 0.3) is 0 Å². The van der Waals surface area contributed by atoms with Crippen LogP contribution in [0.5, 0.6) is 5.75 Å². The zero-order valence-electron chi connectivity index (χ0n) is 10.00. The number of hydrogen-bond acceptors (Lipinski definition) is 3. The number of methoxy groups -OCH3 is 1. The SMILES string of the molecule is COc1ccccc1C/N=C\c1cncn1C. The fourth-order valence-electron chi connectivity index (χ4n) is 1.56. The predicted molar refractivity (Wildman–Crippen MR) is 67.5 cm³/mol.